The third kappa shape index (κ3) is 4.06. The van der Waals surface area contributed by atoms with Gasteiger partial charge in [0.15, 0.2) is 11.5 Å². The number of nitrogens with zero attached hydrogens (tertiary/aromatic N) is 2. The third-order valence-corrected chi connectivity index (χ3v) is 6.03. The second kappa shape index (κ2) is 9.22. The van der Waals surface area contributed by atoms with Crippen LogP contribution in [0, 0.1) is 0 Å². The molecule has 1 N–H and O–H groups in total. The number of methoxy groups -OCH3 is 3. The number of halogens is 2. The lowest BCUT2D eigenvalue weighted by Gasteiger charge is -2.37. The van der Waals surface area contributed by atoms with Gasteiger partial charge in [-0.15, -0.1) is 0 Å². The molecular weight excluding hydrogens is 453 g/mol. The Morgan fingerprint density at radius 1 is 1.00 bits per heavy atom. The molecule has 2 aromatic carbocycles. The summed E-state index contributed by atoms with van der Waals surface area (Å²) in [6.07, 6.45) is 2.00. The van der Waals surface area contributed by atoms with E-state index in [1.165, 1.54) is 21.3 Å². The third-order valence-electron chi connectivity index (χ3n) is 5.47. The first kappa shape index (κ1) is 22.2. The number of hydrogen-bond donors (Lipinski definition) is 1. The maximum Gasteiger partial charge on any atom is 0.322 e. The summed E-state index contributed by atoms with van der Waals surface area (Å²) in [5, 5.41) is 4.00. The van der Waals surface area contributed by atoms with Crippen molar-refractivity contribution in [2.45, 2.75) is 12.6 Å². The Morgan fingerprint density at radius 2 is 1.72 bits per heavy atom. The van der Waals surface area contributed by atoms with Crippen LogP contribution in [0.25, 0.3) is 0 Å². The van der Waals surface area contributed by atoms with Crippen LogP contribution in [-0.4, -0.2) is 43.4 Å². The van der Waals surface area contributed by atoms with Gasteiger partial charge in [-0.25, -0.2) is 4.79 Å². The molecule has 2 amide bonds. The molecule has 1 aromatic heterocycles. The van der Waals surface area contributed by atoms with Crippen LogP contribution in [0.4, 0.5) is 10.5 Å². The number of nitrogens with one attached hydrogen (secondary N) is 1. The monoisotopic (exact) mass is 475 g/mol. The Kier molecular flexibility index (Phi) is 6.39. The number of ether oxygens (including phenoxy) is 3. The normalized spacial score (nSPS) is 15.2. The fourth-order valence-electron chi connectivity index (χ4n) is 4.00. The molecule has 9 heteroatoms. The summed E-state index contributed by atoms with van der Waals surface area (Å²) in [5.41, 5.74) is 2.29. The van der Waals surface area contributed by atoms with E-state index in [-0.39, 0.29) is 12.1 Å². The van der Waals surface area contributed by atoms with Crippen LogP contribution in [-0.2, 0) is 6.54 Å². The zero-order valence-corrected chi connectivity index (χ0v) is 19.4. The number of fused-ring (bicyclic) bond motifs is 1. The molecule has 168 valence electrons. The molecular formula is C23H23Cl2N3O4. The Bertz CT molecular complexity index is 1120. The second-order valence-electron chi connectivity index (χ2n) is 7.23. The highest BCUT2D eigenvalue weighted by atomic mass is 35.5. The molecule has 3 aromatic rings. The minimum atomic E-state index is -0.370. The average molecular weight is 476 g/mol. The average Bonchev–Trinajstić information content (AvgIpc) is 3.27. The van der Waals surface area contributed by atoms with Gasteiger partial charge in [-0.2, -0.15) is 0 Å². The highest BCUT2D eigenvalue weighted by Crippen LogP contribution is 2.41. The number of amides is 2. The molecule has 0 saturated heterocycles. The Balaban J connectivity index is 1.70. The number of urea groups is 1. The molecule has 1 aliphatic rings. The molecule has 1 aliphatic heterocycles. The minimum absolute atomic E-state index is 0.275. The lowest BCUT2D eigenvalue weighted by atomic mass is 10.00. The highest BCUT2D eigenvalue weighted by Gasteiger charge is 2.33. The molecule has 7 nitrogen and oxygen atoms in total. The molecule has 32 heavy (non-hydrogen) atoms. The zero-order chi connectivity index (χ0) is 22.8. The van der Waals surface area contributed by atoms with Gasteiger partial charge in [0.05, 0.1) is 27.0 Å². The minimum Gasteiger partial charge on any atom is -0.493 e. The molecule has 0 spiro atoms. The van der Waals surface area contributed by atoms with Crippen molar-refractivity contribution >= 4 is 34.9 Å². The maximum absolute atomic E-state index is 13.4. The first-order valence-electron chi connectivity index (χ1n) is 9.94. The van der Waals surface area contributed by atoms with Crippen LogP contribution >= 0.6 is 23.2 Å². The van der Waals surface area contributed by atoms with Crippen molar-refractivity contribution in [2.24, 2.45) is 0 Å². The predicted octanol–water partition coefficient (Wildman–Crippen LogP) is 5.46. The van der Waals surface area contributed by atoms with E-state index in [1.807, 2.05) is 24.4 Å². The van der Waals surface area contributed by atoms with Crippen molar-refractivity contribution in [3.05, 3.63) is 70.0 Å². The largest absolute Gasteiger partial charge is 0.493 e. The number of hydrogen-bond acceptors (Lipinski definition) is 4. The summed E-state index contributed by atoms with van der Waals surface area (Å²) >= 11 is 12.6. The van der Waals surface area contributed by atoms with Crippen molar-refractivity contribution in [3.8, 4) is 17.2 Å². The standard InChI is InChI=1S/C23H23Cl2N3O4/c1-30-19-12-15(13-20(31-2)22(19)32-3)26-23(29)28-10-9-27-8-4-5-18(27)21(28)16-7-6-14(24)11-17(16)25/h4-8,11-13,21H,9-10H2,1-3H3,(H,26,29)/t21-/m1/s1. The molecule has 0 saturated carbocycles. The Labute approximate surface area is 196 Å². The zero-order valence-electron chi connectivity index (χ0n) is 17.9. The van der Waals surface area contributed by atoms with Gasteiger partial charge in [0.1, 0.15) is 6.04 Å². The van der Waals surface area contributed by atoms with Gasteiger partial charge in [-0.3, -0.25) is 0 Å². The molecule has 0 radical (unpaired) electrons. The van der Waals surface area contributed by atoms with Crippen molar-refractivity contribution in [2.75, 3.05) is 33.2 Å². The van der Waals surface area contributed by atoms with Crippen LogP contribution in [0.15, 0.2) is 48.7 Å². The molecule has 0 bridgehead atoms. The van der Waals surface area contributed by atoms with Gasteiger partial charge in [0.2, 0.25) is 5.75 Å². The van der Waals surface area contributed by atoms with Gasteiger partial charge in [-0.1, -0.05) is 29.3 Å². The van der Waals surface area contributed by atoms with E-state index in [1.54, 1.807) is 29.2 Å². The number of benzene rings is 2. The molecule has 4 rings (SSSR count). The van der Waals surface area contributed by atoms with Crippen LogP contribution in [0.1, 0.15) is 17.3 Å². The van der Waals surface area contributed by atoms with Gasteiger partial charge in [0, 0.05) is 47.2 Å². The van der Waals surface area contributed by atoms with Crippen LogP contribution < -0.4 is 19.5 Å². The summed E-state index contributed by atoms with van der Waals surface area (Å²) in [6.45, 7) is 1.17. The first-order valence-corrected chi connectivity index (χ1v) is 10.7. The van der Waals surface area contributed by atoms with E-state index in [0.717, 1.165) is 11.3 Å². The number of anilines is 1. The fraction of sp³-hybridized carbons (Fsp3) is 0.261. The predicted molar refractivity (Wildman–Crippen MR) is 125 cm³/mol. The quantitative estimate of drug-likeness (QED) is 0.532. The van der Waals surface area contributed by atoms with E-state index < -0.39 is 0 Å². The van der Waals surface area contributed by atoms with Crippen LogP contribution in [0.5, 0.6) is 17.2 Å². The van der Waals surface area contributed by atoms with Gasteiger partial charge in [-0.05, 0) is 29.8 Å². The fourth-order valence-corrected chi connectivity index (χ4v) is 4.51. The van der Waals surface area contributed by atoms with E-state index in [0.29, 0.717) is 46.1 Å². The Morgan fingerprint density at radius 3 is 2.34 bits per heavy atom. The van der Waals surface area contributed by atoms with Gasteiger partial charge in [0.25, 0.3) is 0 Å². The molecule has 0 unspecified atom stereocenters. The second-order valence-corrected chi connectivity index (χ2v) is 8.08. The SMILES string of the molecule is COc1cc(NC(=O)N2CCn3cccc3[C@H]2c2ccc(Cl)cc2Cl)cc(OC)c1OC. The highest BCUT2D eigenvalue weighted by molar-refractivity contribution is 6.35. The Hall–Kier alpha value is -3.03. The van der Waals surface area contributed by atoms with Crippen molar-refractivity contribution < 1.29 is 19.0 Å². The van der Waals surface area contributed by atoms with E-state index in [9.17, 15) is 4.79 Å². The van der Waals surface area contributed by atoms with Crippen molar-refractivity contribution in [3.63, 3.8) is 0 Å². The van der Waals surface area contributed by atoms with Crippen LogP contribution in [0.3, 0.4) is 0 Å². The van der Waals surface area contributed by atoms with Gasteiger partial charge >= 0.3 is 6.03 Å². The van der Waals surface area contributed by atoms with E-state index >= 15 is 0 Å². The lowest BCUT2D eigenvalue weighted by Crippen LogP contribution is -2.44. The number of carbonyl (C=O) groups excluding carboxylic acids is 1. The topological polar surface area (TPSA) is 65.0 Å². The number of rotatable bonds is 5. The summed E-state index contributed by atoms with van der Waals surface area (Å²) in [6, 6.07) is 12.0. The van der Waals surface area contributed by atoms with Crippen LogP contribution in [0.2, 0.25) is 10.0 Å². The maximum atomic E-state index is 13.4. The summed E-state index contributed by atoms with van der Waals surface area (Å²) in [7, 11) is 4.59. The molecule has 0 aliphatic carbocycles. The summed E-state index contributed by atoms with van der Waals surface area (Å²) < 4.78 is 18.3. The lowest BCUT2D eigenvalue weighted by molar-refractivity contribution is 0.182. The molecule has 0 fully saturated rings. The smallest absolute Gasteiger partial charge is 0.322 e. The van der Waals surface area contributed by atoms with Crippen molar-refractivity contribution in [1.29, 1.82) is 0 Å². The van der Waals surface area contributed by atoms with E-state index in [2.05, 4.69) is 9.88 Å². The number of carbonyl (C=O) groups is 1. The first-order chi connectivity index (χ1) is 15.5. The molecule has 1 atom stereocenters. The summed E-state index contributed by atoms with van der Waals surface area (Å²) in [4.78, 5) is 15.2. The van der Waals surface area contributed by atoms with Crippen molar-refractivity contribution in [1.82, 2.24) is 9.47 Å². The number of aromatic nitrogens is 1. The van der Waals surface area contributed by atoms with Gasteiger partial charge < -0.3 is 29.0 Å². The summed E-state index contributed by atoms with van der Waals surface area (Å²) in [5.74, 6) is 1.36. The van der Waals surface area contributed by atoms with E-state index in [4.69, 9.17) is 37.4 Å². The molecule has 2 heterocycles.